The maximum Gasteiger partial charge on any atom is 0.341 e. The minimum atomic E-state index is -0.548. The molecule has 0 aliphatic heterocycles. The van der Waals surface area contributed by atoms with Gasteiger partial charge in [-0.25, -0.2) is 14.4 Å². The standard InChI is InChI=1S/C25H26N2O6/c1-5-31-23(28)17-9-12-21-19(13-17)22(20(14-26-21)25(30)32-6-2)27-18-10-7-16(8-11-18)24(29)33-15(3)4/h7-15H,5-6H2,1-4H3,(H,26,27). The number of esters is 3. The lowest BCUT2D eigenvalue weighted by Gasteiger charge is -2.15. The molecule has 3 aromatic rings. The number of hydrogen-bond acceptors (Lipinski definition) is 8. The Morgan fingerprint density at radius 1 is 0.879 bits per heavy atom. The largest absolute Gasteiger partial charge is 0.462 e. The number of carbonyl (C=O) groups excluding carboxylic acids is 3. The summed E-state index contributed by atoms with van der Waals surface area (Å²) in [6.07, 6.45) is 1.21. The van der Waals surface area contributed by atoms with Crippen molar-refractivity contribution >= 4 is 40.2 Å². The van der Waals surface area contributed by atoms with Gasteiger partial charge in [-0.3, -0.25) is 4.98 Å². The Balaban J connectivity index is 2.05. The van der Waals surface area contributed by atoms with Crippen LogP contribution in [0.15, 0.2) is 48.7 Å². The molecule has 33 heavy (non-hydrogen) atoms. The molecule has 3 rings (SSSR count). The molecule has 0 spiro atoms. The van der Waals surface area contributed by atoms with Crippen LogP contribution in [0.25, 0.3) is 10.9 Å². The van der Waals surface area contributed by atoms with Gasteiger partial charge in [0.2, 0.25) is 0 Å². The van der Waals surface area contributed by atoms with Gasteiger partial charge in [-0.1, -0.05) is 0 Å². The second kappa shape index (κ2) is 10.6. The Kier molecular flexibility index (Phi) is 7.61. The van der Waals surface area contributed by atoms with Crippen LogP contribution in [0.4, 0.5) is 11.4 Å². The first-order valence-corrected chi connectivity index (χ1v) is 10.7. The lowest BCUT2D eigenvalue weighted by atomic mass is 10.1. The topological polar surface area (TPSA) is 104 Å². The smallest absolute Gasteiger partial charge is 0.341 e. The molecule has 1 N–H and O–H groups in total. The van der Waals surface area contributed by atoms with Gasteiger partial charge in [-0.2, -0.15) is 0 Å². The van der Waals surface area contributed by atoms with E-state index in [0.717, 1.165) is 0 Å². The predicted molar refractivity (Wildman–Crippen MR) is 124 cm³/mol. The van der Waals surface area contributed by atoms with Crippen molar-refractivity contribution in [2.75, 3.05) is 18.5 Å². The highest BCUT2D eigenvalue weighted by atomic mass is 16.5. The number of hydrogen-bond donors (Lipinski definition) is 1. The number of benzene rings is 2. The molecule has 0 saturated heterocycles. The van der Waals surface area contributed by atoms with Crippen molar-refractivity contribution in [3.05, 3.63) is 65.4 Å². The number of ether oxygens (including phenoxy) is 3. The lowest BCUT2D eigenvalue weighted by molar-refractivity contribution is 0.0376. The first kappa shape index (κ1) is 23.7. The number of carbonyl (C=O) groups is 3. The first-order chi connectivity index (χ1) is 15.8. The normalized spacial score (nSPS) is 10.7. The molecule has 0 radical (unpaired) electrons. The summed E-state index contributed by atoms with van der Waals surface area (Å²) in [7, 11) is 0. The number of pyridine rings is 1. The van der Waals surface area contributed by atoms with E-state index in [0.29, 0.717) is 33.4 Å². The molecule has 0 bridgehead atoms. The van der Waals surface area contributed by atoms with Gasteiger partial charge < -0.3 is 19.5 Å². The fraction of sp³-hybridized carbons (Fsp3) is 0.280. The van der Waals surface area contributed by atoms with Gasteiger partial charge in [-0.15, -0.1) is 0 Å². The molecule has 0 saturated carbocycles. The number of nitrogens with zero attached hydrogens (tertiary/aromatic N) is 1. The summed E-state index contributed by atoms with van der Waals surface area (Å²) in [5.41, 5.74) is 2.59. The van der Waals surface area contributed by atoms with E-state index >= 15 is 0 Å². The summed E-state index contributed by atoms with van der Waals surface area (Å²) in [4.78, 5) is 41.3. The van der Waals surface area contributed by atoms with Gasteiger partial charge in [0.15, 0.2) is 0 Å². The molecular weight excluding hydrogens is 424 g/mol. The van der Waals surface area contributed by atoms with E-state index in [-0.39, 0.29) is 24.9 Å². The molecule has 2 aromatic carbocycles. The van der Waals surface area contributed by atoms with Crippen molar-refractivity contribution in [2.45, 2.75) is 33.8 Å². The van der Waals surface area contributed by atoms with Gasteiger partial charge in [0, 0.05) is 17.3 Å². The zero-order valence-electron chi connectivity index (χ0n) is 19.0. The van der Waals surface area contributed by atoms with Gasteiger partial charge in [0.25, 0.3) is 0 Å². The molecule has 0 aliphatic rings. The van der Waals surface area contributed by atoms with Crippen LogP contribution in [0.1, 0.15) is 58.8 Å². The minimum Gasteiger partial charge on any atom is -0.462 e. The van der Waals surface area contributed by atoms with Crippen molar-refractivity contribution in [1.29, 1.82) is 0 Å². The predicted octanol–water partition coefficient (Wildman–Crippen LogP) is 4.90. The monoisotopic (exact) mass is 450 g/mol. The third-order valence-corrected chi connectivity index (χ3v) is 4.61. The third kappa shape index (κ3) is 5.65. The summed E-state index contributed by atoms with van der Waals surface area (Å²) in [6, 6.07) is 11.6. The number of anilines is 2. The summed E-state index contributed by atoms with van der Waals surface area (Å²) in [5.74, 6) is -1.44. The number of rotatable bonds is 8. The second-order valence-electron chi connectivity index (χ2n) is 7.38. The van der Waals surface area contributed by atoms with Gasteiger partial charge >= 0.3 is 17.9 Å². The molecule has 0 atom stereocenters. The van der Waals surface area contributed by atoms with Crippen molar-refractivity contribution in [3.63, 3.8) is 0 Å². The highest BCUT2D eigenvalue weighted by Gasteiger charge is 2.19. The Hall–Kier alpha value is -3.94. The molecule has 1 aromatic heterocycles. The molecule has 0 unspecified atom stereocenters. The Bertz CT molecular complexity index is 1170. The fourth-order valence-electron chi connectivity index (χ4n) is 3.15. The summed E-state index contributed by atoms with van der Waals surface area (Å²) >= 11 is 0. The molecule has 0 amide bonds. The molecule has 0 aliphatic carbocycles. The number of fused-ring (bicyclic) bond motifs is 1. The molecule has 8 nitrogen and oxygen atoms in total. The SMILES string of the molecule is CCOC(=O)c1ccc2ncc(C(=O)OCC)c(Nc3ccc(C(=O)OC(C)C)cc3)c2c1. The third-order valence-electron chi connectivity index (χ3n) is 4.61. The van der Waals surface area contributed by atoms with Crippen LogP contribution in [0, 0.1) is 0 Å². The van der Waals surface area contributed by atoms with E-state index in [9.17, 15) is 14.4 Å². The maximum absolute atomic E-state index is 12.6. The molecule has 1 heterocycles. The van der Waals surface area contributed by atoms with Gasteiger partial charge in [0.05, 0.1) is 41.6 Å². The Labute approximate surface area is 191 Å². The maximum atomic E-state index is 12.6. The van der Waals surface area contributed by atoms with Gasteiger partial charge in [0.1, 0.15) is 5.56 Å². The van der Waals surface area contributed by atoms with E-state index in [1.54, 1.807) is 70.2 Å². The zero-order chi connectivity index (χ0) is 24.0. The van der Waals surface area contributed by atoms with E-state index in [2.05, 4.69) is 10.3 Å². The quantitative estimate of drug-likeness (QED) is 0.382. The van der Waals surface area contributed by atoms with E-state index in [4.69, 9.17) is 14.2 Å². The molecular formula is C25H26N2O6. The minimum absolute atomic E-state index is 0.200. The molecule has 8 heteroatoms. The van der Waals surface area contributed by atoms with Crippen molar-refractivity contribution in [3.8, 4) is 0 Å². The van der Waals surface area contributed by atoms with Crippen LogP contribution in [0.2, 0.25) is 0 Å². The van der Waals surface area contributed by atoms with Crippen LogP contribution in [-0.2, 0) is 14.2 Å². The first-order valence-electron chi connectivity index (χ1n) is 10.7. The van der Waals surface area contributed by atoms with E-state index < -0.39 is 17.9 Å². The summed E-state index contributed by atoms with van der Waals surface area (Å²) < 4.78 is 15.5. The lowest BCUT2D eigenvalue weighted by Crippen LogP contribution is -2.12. The van der Waals surface area contributed by atoms with Crippen molar-refractivity contribution < 1.29 is 28.6 Å². The van der Waals surface area contributed by atoms with E-state index in [1.807, 2.05) is 0 Å². The zero-order valence-corrected chi connectivity index (χ0v) is 19.0. The van der Waals surface area contributed by atoms with Crippen LogP contribution in [0.3, 0.4) is 0 Å². The molecule has 0 fully saturated rings. The summed E-state index contributed by atoms with van der Waals surface area (Å²) in [6.45, 7) is 7.45. The van der Waals surface area contributed by atoms with E-state index in [1.165, 1.54) is 6.20 Å². The fourth-order valence-corrected chi connectivity index (χ4v) is 3.15. The van der Waals surface area contributed by atoms with Crippen LogP contribution in [-0.4, -0.2) is 42.2 Å². The van der Waals surface area contributed by atoms with Crippen LogP contribution in [0.5, 0.6) is 0 Å². The van der Waals surface area contributed by atoms with Crippen molar-refractivity contribution in [2.24, 2.45) is 0 Å². The Morgan fingerprint density at radius 3 is 2.15 bits per heavy atom. The average Bonchev–Trinajstić information content (AvgIpc) is 2.79. The molecule has 172 valence electrons. The average molecular weight is 450 g/mol. The number of nitrogens with one attached hydrogen (secondary N) is 1. The highest BCUT2D eigenvalue weighted by molar-refractivity contribution is 6.07. The number of aromatic nitrogens is 1. The highest BCUT2D eigenvalue weighted by Crippen LogP contribution is 2.31. The van der Waals surface area contributed by atoms with Gasteiger partial charge in [-0.05, 0) is 70.2 Å². The van der Waals surface area contributed by atoms with Crippen LogP contribution >= 0.6 is 0 Å². The summed E-state index contributed by atoms with van der Waals surface area (Å²) in [5, 5.41) is 3.77. The second-order valence-corrected chi connectivity index (χ2v) is 7.38. The van der Waals surface area contributed by atoms with Crippen molar-refractivity contribution in [1.82, 2.24) is 4.98 Å². The van der Waals surface area contributed by atoms with Crippen LogP contribution < -0.4 is 5.32 Å². The Morgan fingerprint density at radius 2 is 1.52 bits per heavy atom.